The molecular weight excluding hydrogens is 396 g/mol. The van der Waals surface area contributed by atoms with Crippen LogP contribution >= 0.6 is 0 Å². The Morgan fingerprint density at radius 3 is 2.72 bits per heavy atom. The number of hydrogen-bond acceptors (Lipinski definition) is 4. The first-order chi connectivity index (χ1) is 15.5. The molecule has 4 aliphatic rings. The Balaban J connectivity index is 1.69. The molecule has 2 unspecified atom stereocenters. The molecule has 5 rings (SSSR count). The standard InChI is InChI=1S/C27H36N4O/c1-3-4-11-23-24(25(29)32)20-9-7-10-21(20)26(31(23)22-12-6-5-8-18(22)2)30-14-13-27(17-28)15-19(27)16-30/h5-6,8,11-12,19H,3-4,7,9-10,13-17,28H2,1-2H3,(H2,29,32)/b23-11+. The number of carbonyl (C=O) groups excluding carboxylic acids is 1. The van der Waals surface area contributed by atoms with Gasteiger partial charge >= 0.3 is 0 Å². The summed E-state index contributed by atoms with van der Waals surface area (Å²) in [7, 11) is 0. The molecule has 5 nitrogen and oxygen atoms in total. The van der Waals surface area contributed by atoms with Crippen molar-refractivity contribution in [3.63, 3.8) is 0 Å². The van der Waals surface area contributed by atoms with Gasteiger partial charge in [0.05, 0.1) is 17.0 Å². The molecule has 170 valence electrons. The number of hydrogen-bond donors (Lipinski definition) is 2. The number of anilines is 1. The molecule has 1 aromatic carbocycles. The van der Waals surface area contributed by atoms with Gasteiger partial charge in [-0.2, -0.15) is 0 Å². The molecule has 5 heteroatoms. The van der Waals surface area contributed by atoms with Crippen molar-refractivity contribution in [3.05, 3.63) is 64.1 Å². The van der Waals surface area contributed by atoms with Gasteiger partial charge in [-0.05, 0) is 86.1 Å². The molecule has 2 aliphatic carbocycles. The monoisotopic (exact) mass is 432 g/mol. The zero-order chi connectivity index (χ0) is 22.5. The van der Waals surface area contributed by atoms with Crippen LogP contribution in [0.25, 0.3) is 0 Å². The number of nitrogens with two attached hydrogens (primary N) is 2. The maximum absolute atomic E-state index is 12.8. The molecule has 2 atom stereocenters. The summed E-state index contributed by atoms with van der Waals surface area (Å²) in [5, 5.41) is 0. The molecular formula is C27H36N4O. The first-order valence-corrected chi connectivity index (χ1v) is 12.3. The highest BCUT2D eigenvalue weighted by molar-refractivity contribution is 6.01. The van der Waals surface area contributed by atoms with Gasteiger partial charge in [0.1, 0.15) is 5.82 Å². The van der Waals surface area contributed by atoms with Gasteiger partial charge in [-0.15, -0.1) is 0 Å². The van der Waals surface area contributed by atoms with Gasteiger partial charge in [0.25, 0.3) is 5.91 Å². The van der Waals surface area contributed by atoms with E-state index in [-0.39, 0.29) is 5.91 Å². The van der Waals surface area contributed by atoms with Gasteiger partial charge in [0, 0.05) is 13.1 Å². The molecule has 0 aromatic heterocycles. The fourth-order valence-corrected chi connectivity index (χ4v) is 6.18. The van der Waals surface area contributed by atoms with Crippen LogP contribution in [0.1, 0.15) is 57.4 Å². The number of unbranched alkanes of at least 4 members (excludes halogenated alkanes) is 1. The summed E-state index contributed by atoms with van der Waals surface area (Å²) in [6.07, 6.45) is 9.62. The van der Waals surface area contributed by atoms with E-state index in [0.717, 1.165) is 75.1 Å². The summed E-state index contributed by atoms with van der Waals surface area (Å²) in [5.74, 6) is 1.67. The van der Waals surface area contributed by atoms with Gasteiger partial charge in [-0.1, -0.05) is 37.6 Å². The minimum Gasteiger partial charge on any atom is -0.366 e. The first kappa shape index (κ1) is 21.3. The molecule has 0 bridgehead atoms. The quantitative estimate of drug-likeness (QED) is 0.701. The van der Waals surface area contributed by atoms with Crippen molar-refractivity contribution in [2.45, 2.75) is 58.8 Å². The Morgan fingerprint density at radius 2 is 2.03 bits per heavy atom. The van der Waals surface area contributed by atoms with Crippen molar-refractivity contribution in [2.75, 3.05) is 24.5 Å². The maximum Gasteiger partial charge on any atom is 0.251 e. The van der Waals surface area contributed by atoms with Crippen LogP contribution in [0.2, 0.25) is 0 Å². The van der Waals surface area contributed by atoms with E-state index in [1.54, 1.807) is 0 Å². The van der Waals surface area contributed by atoms with E-state index in [9.17, 15) is 4.79 Å². The second-order valence-electron chi connectivity index (χ2n) is 10.0. The lowest BCUT2D eigenvalue weighted by Crippen LogP contribution is -2.45. The summed E-state index contributed by atoms with van der Waals surface area (Å²) in [4.78, 5) is 17.8. The number of aryl methyl sites for hydroxylation is 1. The van der Waals surface area contributed by atoms with Gasteiger partial charge in [-0.25, -0.2) is 0 Å². The summed E-state index contributed by atoms with van der Waals surface area (Å²) in [6.45, 7) is 7.21. The average molecular weight is 433 g/mol. The molecule has 2 saturated carbocycles. The molecule has 1 aromatic rings. The van der Waals surface area contributed by atoms with Crippen molar-refractivity contribution in [1.82, 2.24) is 4.90 Å². The minimum absolute atomic E-state index is 0.303. The molecule has 0 spiro atoms. The van der Waals surface area contributed by atoms with Crippen LogP contribution < -0.4 is 16.4 Å². The zero-order valence-corrected chi connectivity index (χ0v) is 19.5. The number of fused-ring (bicyclic) bond motifs is 2. The third-order valence-corrected chi connectivity index (χ3v) is 8.11. The van der Waals surface area contributed by atoms with Crippen molar-refractivity contribution >= 4 is 11.6 Å². The van der Waals surface area contributed by atoms with Gasteiger partial charge in [-0.3, -0.25) is 9.69 Å². The fraction of sp³-hybridized carbons (Fsp3) is 0.519. The lowest BCUT2D eigenvalue weighted by Gasteiger charge is -2.44. The second kappa shape index (κ2) is 8.11. The van der Waals surface area contributed by atoms with Gasteiger partial charge < -0.3 is 16.4 Å². The van der Waals surface area contributed by atoms with Crippen molar-refractivity contribution in [1.29, 1.82) is 0 Å². The van der Waals surface area contributed by atoms with E-state index in [4.69, 9.17) is 11.5 Å². The van der Waals surface area contributed by atoms with Crippen LogP contribution in [-0.2, 0) is 4.79 Å². The van der Waals surface area contributed by atoms with Crippen molar-refractivity contribution in [3.8, 4) is 0 Å². The number of piperidine rings is 1. The highest BCUT2D eigenvalue weighted by atomic mass is 16.1. The zero-order valence-electron chi connectivity index (χ0n) is 19.5. The maximum atomic E-state index is 12.8. The van der Waals surface area contributed by atoms with Crippen LogP contribution in [0.5, 0.6) is 0 Å². The second-order valence-corrected chi connectivity index (χ2v) is 10.0. The Labute approximate surface area is 191 Å². The van der Waals surface area contributed by atoms with Gasteiger partial charge in [0.15, 0.2) is 0 Å². The number of allylic oxidation sites excluding steroid dienone is 3. The van der Waals surface area contributed by atoms with Crippen LogP contribution in [0.4, 0.5) is 5.69 Å². The largest absolute Gasteiger partial charge is 0.366 e. The predicted molar refractivity (Wildman–Crippen MR) is 130 cm³/mol. The summed E-state index contributed by atoms with van der Waals surface area (Å²) >= 11 is 0. The predicted octanol–water partition coefficient (Wildman–Crippen LogP) is 4.35. The number of carbonyl (C=O) groups is 1. The molecule has 32 heavy (non-hydrogen) atoms. The number of likely N-dealkylation sites (tertiary alicyclic amines) is 1. The number of para-hydroxylation sites is 1. The smallest absolute Gasteiger partial charge is 0.251 e. The Bertz CT molecular complexity index is 1040. The topological polar surface area (TPSA) is 75.6 Å². The van der Waals surface area contributed by atoms with Crippen molar-refractivity contribution in [2.24, 2.45) is 22.8 Å². The van der Waals surface area contributed by atoms with E-state index in [1.165, 1.54) is 29.0 Å². The van der Waals surface area contributed by atoms with Crippen LogP contribution in [0, 0.1) is 18.3 Å². The average Bonchev–Trinajstić information content (AvgIpc) is 3.33. The van der Waals surface area contributed by atoms with E-state index in [0.29, 0.717) is 11.3 Å². The van der Waals surface area contributed by atoms with E-state index in [1.807, 2.05) is 0 Å². The van der Waals surface area contributed by atoms with Crippen LogP contribution in [0.15, 0.2) is 58.6 Å². The number of benzene rings is 1. The third-order valence-electron chi connectivity index (χ3n) is 8.11. The van der Waals surface area contributed by atoms with Crippen molar-refractivity contribution < 1.29 is 4.79 Å². The Kier molecular flexibility index (Phi) is 5.40. The van der Waals surface area contributed by atoms with Crippen LogP contribution in [-0.4, -0.2) is 30.4 Å². The summed E-state index contributed by atoms with van der Waals surface area (Å²) < 4.78 is 0. The number of nitrogens with zero attached hydrogens (tertiary/aromatic N) is 2. The number of rotatable bonds is 6. The molecule has 2 heterocycles. The van der Waals surface area contributed by atoms with E-state index in [2.05, 4.69) is 54.0 Å². The fourth-order valence-electron chi connectivity index (χ4n) is 6.18. The molecule has 4 N–H and O–H groups in total. The lowest BCUT2D eigenvalue weighted by molar-refractivity contribution is -0.114. The Morgan fingerprint density at radius 1 is 1.25 bits per heavy atom. The third kappa shape index (κ3) is 3.29. The SMILES string of the molecule is CCC/C=C1\C(C(N)=O)=C2CCCC2=C(N2CCC3(CN)CC3C2)N1c1ccccc1C. The summed E-state index contributed by atoms with van der Waals surface area (Å²) in [6, 6.07) is 8.51. The van der Waals surface area contributed by atoms with E-state index < -0.39 is 0 Å². The molecule has 0 radical (unpaired) electrons. The lowest BCUT2D eigenvalue weighted by atomic mass is 9.90. The molecule has 3 fully saturated rings. The van der Waals surface area contributed by atoms with Gasteiger partial charge in [0.2, 0.25) is 0 Å². The van der Waals surface area contributed by atoms with E-state index >= 15 is 0 Å². The molecule has 2 aliphatic heterocycles. The minimum atomic E-state index is -0.303. The molecule has 1 saturated heterocycles. The number of amides is 1. The first-order valence-electron chi connectivity index (χ1n) is 12.3. The normalized spacial score (nSPS) is 28.3. The molecule has 1 amide bonds. The Hall–Kier alpha value is -2.53. The highest BCUT2D eigenvalue weighted by Gasteiger charge is 2.56. The summed E-state index contributed by atoms with van der Waals surface area (Å²) in [5.41, 5.74) is 19.1. The van der Waals surface area contributed by atoms with Crippen LogP contribution in [0.3, 0.4) is 0 Å². The number of primary amides is 1. The highest BCUT2D eigenvalue weighted by Crippen LogP contribution is 2.58.